The number of hydrogen-bond donors (Lipinski definition) is 0. The highest BCUT2D eigenvalue weighted by Gasteiger charge is 2.37. The molecule has 1 unspecified atom stereocenters. The average molecular weight is 640 g/mol. The summed E-state index contributed by atoms with van der Waals surface area (Å²) in [6.45, 7) is 8.79. The topological polar surface area (TPSA) is 95.3 Å². The summed E-state index contributed by atoms with van der Waals surface area (Å²) < 4.78 is 5.44. The van der Waals surface area contributed by atoms with Crippen molar-refractivity contribution in [3.8, 4) is 6.07 Å². The van der Waals surface area contributed by atoms with E-state index in [1.807, 2.05) is 11.0 Å². The third-order valence-corrected chi connectivity index (χ3v) is 10.8. The lowest BCUT2D eigenvalue weighted by molar-refractivity contribution is -0.128. The number of benzene rings is 1. The van der Waals surface area contributed by atoms with Gasteiger partial charge in [-0.1, -0.05) is 24.3 Å². The molecule has 47 heavy (non-hydrogen) atoms. The molecule has 1 aromatic carbocycles. The van der Waals surface area contributed by atoms with Crippen molar-refractivity contribution in [2.24, 2.45) is 0 Å². The maximum Gasteiger partial charge on any atom is 0.246 e. The van der Waals surface area contributed by atoms with Gasteiger partial charge in [0.05, 0.1) is 37.4 Å². The van der Waals surface area contributed by atoms with E-state index in [2.05, 4.69) is 68.9 Å². The number of morpholine rings is 1. The Kier molecular flexibility index (Phi) is 9.61. The van der Waals surface area contributed by atoms with Gasteiger partial charge in [-0.2, -0.15) is 10.2 Å². The molecule has 0 N–H and O–H groups in total. The summed E-state index contributed by atoms with van der Waals surface area (Å²) in [5.41, 5.74) is 5.26. The van der Waals surface area contributed by atoms with Gasteiger partial charge in [0, 0.05) is 94.7 Å². The molecule has 1 amide bonds. The number of fused-ring (bicyclic) bond motifs is 2. The van der Waals surface area contributed by atoms with Gasteiger partial charge in [-0.15, -0.1) is 0 Å². The molecule has 5 aliphatic rings. The lowest BCUT2D eigenvalue weighted by Gasteiger charge is -2.45. The van der Waals surface area contributed by atoms with Gasteiger partial charge in [-0.25, -0.2) is 4.98 Å². The lowest BCUT2D eigenvalue weighted by Crippen LogP contribution is -2.58. The molecule has 3 saturated heterocycles. The van der Waals surface area contributed by atoms with Crippen LogP contribution in [0.4, 0.5) is 17.5 Å². The molecule has 0 spiro atoms. The summed E-state index contributed by atoms with van der Waals surface area (Å²) in [6.07, 6.45) is 9.20. The van der Waals surface area contributed by atoms with E-state index in [0.717, 1.165) is 89.9 Å². The number of rotatable bonds is 8. The minimum atomic E-state index is -0.188. The van der Waals surface area contributed by atoms with Crippen LogP contribution in [-0.4, -0.2) is 135 Å². The maximum atomic E-state index is 13.4. The molecule has 0 bridgehead atoms. The minimum Gasteiger partial charge on any atom is -0.379 e. The molecule has 0 radical (unpaired) electrons. The van der Waals surface area contributed by atoms with Crippen molar-refractivity contribution in [2.75, 3.05) is 101 Å². The van der Waals surface area contributed by atoms with Crippen molar-refractivity contribution in [2.45, 2.75) is 56.7 Å². The number of aromatic nitrogens is 2. The molecule has 7 rings (SSSR count). The Labute approximate surface area is 279 Å². The van der Waals surface area contributed by atoms with E-state index in [0.29, 0.717) is 38.1 Å². The van der Waals surface area contributed by atoms with E-state index >= 15 is 0 Å². The van der Waals surface area contributed by atoms with E-state index in [1.165, 1.54) is 28.9 Å². The summed E-state index contributed by atoms with van der Waals surface area (Å²) in [4.78, 5) is 37.6. The van der Waals surface area contributed by atoms with Crippen molar-refractivity contribution < 1.29 is 9.53 Å². The van der Waals surface area contributed by atoms with Gasteiger partial charge < -0.3 is 29.2 Å². The van der Waals surface area contributed by atoms with Crippen LogP contribution < -0.4 is 14.7 Å². The van der Waals surface area contributed by atoms with Crippen LogP contribution in [0.15, 0.2) is 36.4 Å². The number of hydrogen-bond acceptors (Lipinski definition) is 10. The number of anilines is 3. The average Bonchev–Trinajstić information content (AvgIpc) is 3.07. The van der Waals surface area contributed by atoms with E-state index in [4.69, 9.17) is 14.7 Å². The lowest BCUT2D eigenvalue weighted by atomic mass is 9.88. The van der Waals surface area contributed by atoms with Crippen molar-refractivity contribution in [1.82, 2.24) is 24.7 Å². The Morgan fingerprint density at radius 2 is 1.87 bits per heavy atom. The van der Waals surface area contributed by atoms with E-state index in [1.54, 1.807) is 6.08 Å². The number of nitrogens with zero attached hydrogens (tertiary/aromatic N) is 9. The zero-order chi connectivity index (χ0) is 32.3. The molecule has 5 heterocycles. The number of amides is 1. The van der Waals surface area contributed by atoms with E-state index < -0.39 is 0 Å². The number of para-hydroxylation sites is 1. The predicted molar refractivity (Wildman–Crippen MR) is 184 cm³/mol. The number of carbonyl (C=O) groups excluding carboxylic acids is 1. The Bertz CT molecular complexity index is 1490. The summed E-state index contributed by atoms with van der Waals surface area (Å²) >= 11 is 0. The molecule has 0 saturated carbocycles. The maximum absolute atomic E-state index is 13.4. The molecule has 250 valence electrons. The zero-order valence-electron chi connectivity index (χ0n) is 28.1. The van der Waals surface area contributed by atoms with Crippen molar-refractivity contribution in [1.29, 1.82) is 5.26 Å². The third kappa shape index (κ3) is 6.82. The highest BCUT2D eigenvalue weighted by atomic mass is 16.5. The monoisotopic (exact) mass is 639 g/mol. The van der Waals surface area contributed by atoms with Gasteiger partial charge in [0.1, 0.15) is 5.82 Å². The highest BCUT2D eigenvalue weighted by Crippen LogP contribution is 2.37. The van der Waals surface area contributed by atoms with E-state index in [-0.39, 0.29) is 11.9 Å². The first kappa shape index (κ1) is 31.9. The summed E-state index contributed by atoms with van der Waals surface area (Å²) in [6, 6.07) is 12.0. The summed E-state index contributed by atoms with van der Waals surface area (Å²) in [5, 5.41) is 9.78. The fourth-order valence-electron chi connectivity index (χ4n) is 7.92. The smallest absolute Gasteiger partial charge is 0.246 e. The molecule has 1 aliphatic carbocycles. The normalized spacial score (nSPS) is 23.9. The molecule has 4 aliphatic heterocycles. The van der Waals surface area contributed by atoms with Gasteiger partial charge in [-0.05, 0) is 51.4 Å². The Hall–Kier alpha value is -3.72. The SMILES string of the molecule is CN(C)C1CN(c2nc3c(c(N4CCN(C(=O)/C=C/CN5CCOCC5)[C@@H](CC#N)C4)n2)CCC(N2CCCc4ccccc42)C3)C1. The van der Waals surface area contributed by atoms with Gasteiger partial charge >= 0.3 is 0 Å². The molecular formula is C36H49N9O2. The molecule has 1 aromatic heterocycles. The molecular weight excluding hydrogens is 590 g/mol. The van der Waals surface area contributed by atoms with Crippen molar-refractivity contribution in [3.05, 3.63) is 53.2 Å². The first-order valence-electron chi connectivity index (χ1n) is 17.5. The summed E-state index contributed by atoms with van der Waals surface area (Å²) in [7, 11) is 4.27. The zero-order valence-corrected chi connectivity index (χ0v) is 28.1. The van der Waals surface area contributed by atoms with E-state index in [9.17, 15) is 10.1 Å². The van der Waals surface area contributed by atoms with Crippen LogP contribution in [0.25, 0.3) is 0 Å². The quantitative estimate of drug-likeness (QED) is 0.401. The Morgan fingerprint density at radius 3 is 2.68 bits per heavy atom. The van der Waals surface area contributed by atoms with Crippen LogP contribution in [0.3, 0.4) is 0 Å². The fraction of sp³-hybridized carbons (Fsp3) is 0.611. The van der Waals surface area contributed by atoms with Gasteiger partial charge in [0.15, 0.2) is 0 Å². The van der Waals surface area contributed by atoms with Crippen LogP contribution in [0.2, 0.25) is 0 Å². The van der Waals surface area contributed by atoms with Gasteiger partial charge in [0.25, 0.3) is 0 Å². The fourth-order valence-corrected chi connectivity index (χ4v) is 7.92. The number of ether oxygens (including phenoxy) is 1. The first-order chi connectivity index (χ1) is 23.0. The number of nitriles is 1. The number of likely N-dealkylation sites (N-methyl/N-ethyl adjacent to an activating group) is 1. The number of piperazine rings is 1. The van der Waals surface area contributed by atoms with Gasteiger partial charge in [0.2, 0.25) is 11.9 Å². The van der Waals surface area contributed by atoms with Gasteiger partial charge in [-0.3, -0.25) is 9.69 Å². The number of carbonyl (C=O) groups is 1. The third-order valence-electron chi connectivity index (χ3n) is 10.8. The highest BCUT2D eigenvalue weighted by molar-refractivity contribution is 5.88. The predicted octanol–water partition coefficient (Wildman–Crippen LogP) is 2.36. The Morgan fingerprint density at radius 1 is 1.04 bits per heavy atom. The second kappa shape index (κ2) is 14.2. The van der Waals surface area contributed by atoms with Crippen LogP contribution in [-0.2, 0) is 28.8 Å². The van der Waals surface area contributed by atoms with Crippen molar-refractivity contribution >= 4 is 23.4 Å². The molecule has 2 atom stereocenters. The van der Waals surface area contributed by atoms with Crippen molar-refractivity contribution in [3.63, 3.8) is 0 Å². The first-order valence-corrected chi connectivity index (χ1v) is 17.5. The molecule has 11 nitrogen and oxygen atoms in total. The second-order valence-electron chi connectivity index (χ2n) is 13.9. The summed E-state index contributed by atoms with van der Waals surface area (Å²) in [5.74, 6) is 1.81. The largest absolute Gasteiger partial charge is 0.379 e. The van der Waals surface area contributed by atoms with Crippen LogP contribution >= 0.6 is 0 Å². The standard InChI is InChI=1S/C36H49N9O2/c1-40(2)30-25-43(26-30)36-38-32-23-28(44-16-5-8-27-7-3-4-9-33(27)44)11-12-31(32)35(39-36)42-17-18-45(29(24-42)13-14-37)34(46)10-6-15-41-19-21-47-22-20-41/h3-4,6-7,9-10,28-30H,5,8,11-13,15-26H2,1-2H3/b10-6+/t28?,29-/m0/s1. The molecule has 3 fully saturated rings. The molecule has 2 aromatic rings. The second-order valence-corrected chi connectivity index (χ2v) is 13.9. The Balaban J connectivity index is 1.12. The van der Waals surface area contributed by atoms with Crippen LogP contribution in [0, 0.1) is 11.3 Å². The number of aryl methyl sites for hydroxylation is 1. The van der Waals surface area contributed by atoms with Crippen LogP contribution in [0.1, 0.15) is 36.1 Å². The van der Waals surface area contributed by atoms with Crippen LogP contribution in [0.5, 0.6) is 0 Å². The molecule has 11 heteroatoms. The minimum absolute atomic E-state index is 0.0106.